The Morgan fingerprint density at radius 2 is 1.93 bits per heavy atom. The fourth-order valence-corrected chi connectivity index (χ4v) is 2.24. The molecule has 1 aliphatic rings. The van der Waals surface area contributed by atoms with Gasteiger partial charge < -0.3 is 8.83 Å². The van der Waals surface area contributed by atoms with Gasteiger partial charge in [-0.3, -0.25) is 0 Å². The Balaban J connectivity index is 2.24. The molecule has 78 valence electrons. The van der Waals surface area contributed by atoms with Crippen molar-refractivity contribution in [3.05, 3.63) is 22.1 Å². The summed E-state index contributed by atoms with van der Waals surface area (Å²) in [5.74, 6) is 1.45. The van der Waals surface area contributed by atoms with Gasteiger partial charge in [0, 0.05) is 12.3 Å². The van der Waals surface area contributed by atoms with Crippen molar-refractivity contribution in [2.45, 2.75) is 51.4 Å². The van der Waals surface area contributed by atoms with E-state index in [0.717, 1.165) is 30.8 Å². The second-order valence-corrected chi connectivity index (χ2v) is 3.93. The van der Waals surface area contributed by atoms with E-state index in [-0.39, 0.29) is 0 Å². The van der Waals surface area contributed by atoms with E-state index in [4.69, 9.17) is 8.83 Å². The predicted octanol–water partition coefficient (Wildman–Crippen LogP) is 2.84. The standard InChI is InChI=1S/C11H16O3/c1-2-9-10(14-11(12)13-9)8-6-4-3-5-7-8/h8H,2-7H2,1H3. The molecule has 0 unspecified atom stereocenters. The molecule has 2 rings (SSSR count). The highest BCUT2D eigenvalue weighted by molar-refractivity contribution is 5.10. The van der Waals surface area contributed by atoms with Crippen molar-refractivity contribution in [2.75, 3.05) is 0 Å². The van der Waals surface area contributed by atoms with Crippen molar-refractivity contribution in [1.29, 1.82) is 0 Å². The van der Waals surface area contributed by atoms with Crippen molar-refractivity contribution in [3.63, 3.8) is 0 Å². The molecule has 0 aliphatic heterocycles. The summed E-state index contributed by atoms with van der Waals surface area (Å²) < 4.78 is 10.1. The summed E-state index contributed by atoms with van der Waals surface area (Å²) in [5.41, 5.74) is 0. The minimum absolute atomic E-state index is 0.421. The molecule has 0 atom stereocenters. The summed E-state index contributed by atoms with van der Waals surface area (Å²) in [6.07, 6.45) is 6.80. The van der Waals surface area contributed by atoms with Crippen molar-refractivity contribution in [2.24, 2.45) is 0 Å². The highest BCUT2D eigenvalue weighted by Crippen LogP contribution is 2.34. The molecule has 14 heavy (non-hydrogen) atoms. The van der Waals surface area contributed by atoms with Gasteiger partial charge in [0.2, 0.25) is 0 Å². The van der Waals surface area contributed by atoms with E-state index in [9.17, 15) is 4.79 Å². The molecule has 1 aromatic heterocycles. The first-order valence-corrected chi connectivity index (χ1v) is 5.44. The summed E-state index contributed by atoms with van der Waals surface area (Å²) in [6, 6.07) is 0. The summed E-state index contributed by atoms with van der Waals surface area (Å²) in [4.78, 5) is 11.0. The average Bonchev–Trinajstić information content (AvgIpc) is 2.61. The number of hydrogen-bond acceptors (Lipinski definition) is 3. The number of rotatable bonds is 2. The molecule has 1 saturated carbocycles. The zero-order valence-electron chi connectivity index (χ0n) is 8.54. The molecule has 1 aliphatic carbocycles. The Kier molecular flexibility index (Phi) is 2.75. The van der Waals surface area contributed by atoms with Gasteiger partial charge in [-0.25, -0.2) is 4.79 Å². The molecular formula is C11H16O3. The van der Waals surface area contributed by atoms with Crippen molar-refractivity contribution >= 4 is 0 Å². The van der Waals surface area contributed by atoms with E-state index in [1.54, 1.807) is 0 Å². The Hall–Kier alpha value is -0.990. The van der Waals surface area contributed by atoms with E-state index in [0.29, 0.717) is 5.92 Å². The van der Waals surface area contributed by atoms with Gasteiger partial charge >= 0.3 is 5.82 Å². The predicted molar refractivity (Wildman–Crippen MR) is 52.4 cm³/mol. The van der Waals surface area contributed by atoms with Crippen molar-refractivity contribution in [3.8, 4) is 0 Å². The molecule has 0 saturated heterocycles. The van der Waals surface area contributed by atoms with Crippen LogP contribution >= 0.6 is 0 Å². The summed E-state index contributed by atoms with van der Waals surface area (Å²) >= 11 is 0. The van der Waals surface area contributed by atoms with Crippen LogP contribution in [0.25, 0.3) is 0 Å². The zero-order valence-corrected chi connectivity index (χ0v) is 8.54. The first-order chi connectivity index (χ1) is 6.81. The largest absolute Gasteiger partial charge is 0.519 e. The molecule has 1 fully saturated rings. The van der Waals surface area contributed by atoms with Gasteiger partial charge in [-0.2, -0.15) is 0 Å². The Morgan fingerprint density at radius 1 is 1.21 bits per heavy atom. The monoisotopic (exact) mass is 196 g/mol. The third kappa shape index (κ3) is 1.76. The van der Waals surface area contributed by atoms with Crippen LogP contribution in [0, 0.1) is 0 Å². The molecule has 0 radical (unpaired) electrons. The minimum atomic E-state index is -0.539. The summed E-state index contributed by atoms with van der Waals surface area (Å²) in [6.45, 7) is 1.99. The zero-order chi connectivity index (χ0) is 9.97. The third-order valence-corrected chi connectivity index (χ3v) is 2.97. The van der Waals surface area contributed by atoms with Crippen LogP contribution in [0.1, 0.15) is 56.5 Å². The van der Waals surface area contributed by atoms with Crippen molar-refractivity contribution in [1.82, 2.24) is 0 Å². The van der Waals surface area contributed by atoms with Gasteiger partial charge in [0.15, 0.2) is 5.76 Å². The van der Waals surface area contributed by atoms with Gasteiger partial charge in [-0.1, -0.05) is 26.2 Å². The Morgan fingerprint density at radius 3 is 2.57 bits per heavy atom. The quantitative estimate of drug-likeness (QED) is 0.730. The first kappa shape index (κ1) is 9.56. The lowest BCUT2D eigenvalue weighted by atomic mass is 9.87. The van der Waals surface area contributed by atoms with Crippen LogP contribution < -0.4 is 5.82 Å². The molecule has 0 amide bonds. The first-order valence-electron chi connectivity index (χ1n) is 5.44. The molecule has 3 heteroatoms. The second kappa shape index (κ2) is 4.03. The van der Waals surface area contributed by atoms with E-state index < -0.39 is 5.82 Å². The van der Waals surface area contributed by atoms with Crippen LogP contribution in [-0.4, -0.2) is 0 Å². The van der Waals surface area contributed by atoms with Gasteiger partial charge in [-0.05, 0) is 12.8 Å². The minimum Gasteiger partial charge on any atom is -0.396 e. The lowest BCUT2D eigenvalue weighted by Gasteiger charge is -2.19. The Labute approximate surface area is 83.1 Å². The normalized spacial score (nSPS) is 18.6. The molecule has 1 aromatic rings. The molecular weight excluding hydrogens is 180 g/mol. The van der Waals surface area contributed by atoms with Crippen LogP contribution in [-0.2, 0) is 6.42 Å². The maximum Gasteiger partial charge on any atom is 0.519 e. The SMILES string of the molecule is CCc1oc(=O)oc1C1CCCCC1. The van der Waals surface area contributed by atoms with Crippen LogP contribution in [0.2, 0.25) is 0 Å². The van der Waals surface area contributed by atoms with E-state index in [1.807, 2.05) is 6.92 Å². The summed E-state index contributed by atoms with van der Waals surface area (Å²) in [5, 5.41) is 0. The van der Waals surface area contributed by atoms with E-state index >= 15 is 0 Å². The topological polar surface area (TPSA) is 43.4 Å². The third-order valence-electron chi connectivity index (χ3n) is 2.97. The smallest absolute Gasteiger partial charge is 0.396 e. The van der Waals surface area contributed by atoms with Gasteiger partial charge in [-0.15, -0.1) is 0 Å². The van der Waals surface area contributed by atoms with Crippen LogP contribution in [0.3, 0.4) is 0 Å². The molecule has 1 heterocycles. The number of aryl methyl sites for hydroxylation is 1. The van der Waals surface area contributed by atoms with E-state index in [2.05, 4.69) is 0 Å². The molecule has 3 nitrogen and oxygen atoms in total. The maximum absolute atomic E-state index is 11.0. The molecule has 0 aromatic carbocycles. The molecule has 0 bridgehead atoms. The van der Waals surface area contributed by atoms with Gasteiger partial charge in [0.1, 0.15) is 5.76 Å². The van der Waals surface area contributed by atoms with Gasteiger partial charge in [0.05, 0.1) is 0 Å². The van der Waals surface area contributed by atoms with E-state index in [1.165, 1.54) is 19.3 Å². The molecule has 0 N–H and O–H groups in total. The van der Waals surface area contributed by atoms with Crippen LogP contribution in [0.4, 0.5) is 0 Å². The molecule has 0 spiro atoms. The van der Waals surface area contributed by atoms with Crippen LogP contribution in [0.15, 0.2) is 13.6 Å². The maximum atomic E-state index is 11.0. The highest BCUT2D eigenvalue weighted by Gasteiger charge is 2.23. The highest BCUT2D eigenvalue weighted by atomic mass is 16.6. The fraction of sp³-hybridized carbons (Fsp3) is 0.727. The summed E-state index contributed by atoms with van der Waals surface area (Å²) in [7, 11) is 0. The fourth-order valence-electron chi connectivity index (χ4n) is 2.24. The lowest BCUT2D eigenvalue weighted by molar-refractivity contribution is 0.337. The van der Waals surface area contributed by atoms with Crippen LogP contribution in [0.5, 0.6) is 0 Å². The second-order valence-electron chi connectivity index (χ2n) is 3.93. The number of hydrogen-bond donors (Lipinski definition) is 0. The van der Waals surface area contributed by atoms with Gasteiger partial charge in [0.25, 0.3) is 0 Å². The van der Waals surface area contributed by atoms with Crippen molar-refractivity contribution < 1.29 is 8.83 Å². The Bertz CT molecular complexity index is 342. The lowest BCUT2D eigenvalue weighted by Crippen LogP contribution is -2.05. The average molecular weight is 196 g/mol.